The van der Waals surface area contributed by atoms with E-state index in [1.54, 1.807) is 6.92 Å². The Morgan fingerprint density at radius 1 is 1.56 bits per heavy atom. The van der Waals surface area contributed by atoms with E-state index in [4.69, 9.17) is 0 Å². The number of esters is 1. The second kappa shape index (κ2) is 5.90. The van der Waals surface area contributed by atoms with E-state index in [1.807, 2.05) is 0 Å². The summed E-state index contributed by atoms with van der Waals surface area (Å²) in [6.07, 6.45) is 1.10. The fourth-order valence-electron chi connectivity index (χ4n) is 1.37. The van der Waals surface area contributed by atoms with Crippen LogP contribution in [0.4, 0.5) is 10.1 Å². The van der Waals surface area contributed by atoms with Crippen molar-refractivity contribution in [3.63, 3.8) is 0 Å². The molecule has 0 saturated heterocycles. The maximum absolute atomic E-state index is 13.5. The van der Waals surface area contributed by atoms with Crippen molar-refractivity contribution in [2.45, 2.75) is 13.8 Å². The first kappa shape index (κ1) is 13.8. The molecule has 0 radical (unpaired) electrons. The number of nitro groups is 1. The van der Waals surface area contributed by atoms with E-state index >= 15 is 0 Å². The number of non-ortho nitro benzene ring substituents is 1. The Morgan fingerprint density at radius 3 is 2.78 bits per heavy atom. The molecule has 1 rings (SSSR count). The number of nitrogens with zero attached hydrogens (tertiary/aromatic N) is 1. The lowest BCUT2D eigenvalue weighted by molar-refractivity contribution is -0.384. The first-order chi connectivity index (χ1) is 8.45. The average Bonchev–Trinajstić information content (AvgIpc) is 2.29. The minimum absolute atomic E-state index is 0.0113. The molecule has 6 heteroatoms. The van der Waals surface area contributed by atoms with E-state index in [0.717, 1.165) is 24.3 Å². The van der Waals surface area contributed by atoms with Gasteiger partial charge in [-0.3, -0.25) is 10.1 Å². The van der Waals surface area contributed by atoms with Crippen molar-refractivity contribution >= 4 is 17.2 Å². The van der Waals surface area contributed by atoms with Crippen molar-refractivity contribution in [1.82, 2.24) is 0 Å². The van der Waals surface area contributed by atoms with E-state index in [1.165, 1.54) is 6.92 Å². The molecule has 0 aromatic heterocycles. The van der Waals surface area contributed by atoms with Crippen molar-refractivity contribution in [1.29, 1.82) is 0 Å². The standard InChI is InChI=1S/C12H12FNO4/c1-3-18-12(15)6-8(2)10-7-9(14(16)17)4-5-11(10)13/h4-7H,3H2,1-2H3/b8-6-. The number of halogens is 1. The van der Waals surface area contributed by atoms with Crippen LogP contribution in [-0.2, 0) is 9.53 Å². The van der Waals surface area contributed by atoms with Gasteiger partial charge < -0.3 is 4.74 Å². The van der Waals surface area contributed by atoms with Gasteiger partial charge in [0.15, 0.2) is 0 Å². The molecule has 0 atom stereocenters. The van der Waals surface area contributed by atoms with Crippen LogP contribution in [0.1, 0.15) is 19.4 Å². The number of hydrogen-bond acceptors (Lipinski definition) is 4. The van der Waals surface area contributed by atoms with Gasteiger partial charge >= 0.3 is 5.97 Å². The molecule has 1 aromatic carbocycles. The predicted molar refractivity (Wildman–Crippen MR) is 63.3 cm³/mol. The maximum Gasteiger partial charge on any atom is 0.331 e. The SMILES string of the molecule is CCOC(=O)/C=C(/C)c1cc([N+](=O)[O-])ccc1F. The first-order valence-corrected chi connectivity index (χ1v) is 5.25. The summed E-state index contributed by atoms with van der Waals surface area (Å²) in [5.41, 5.74) is 0.0508. The molecule has 0 aliphatic heterocycles. The molecule has 0 aliphatic rings. The summed E-state index contributed by atoms with van der Waals surface area (Å²) in [5.74, 6) is -1.24. The third-order valence-corrected chi connectivity index (χ3v) is 2.21. The van der Waals surface area contributed by atoms with Gasteiger partial charge in [-0.15, -0.1) is 0 Å². The molecule has 5 nitrogen and oxygen atoms in total. The Balaban J connectivity index is 3.11. The molecule has 0 aliphatic carbocycles. The summed E-state index contributed by atoms with van der Waals surface area (Å²) < 4.78 is 18.2. The summed E-state index contributed by atoms with van der Waals surface area (Å²) in [5, 5.41) is 10.6. The molecule has 18 heavy (non-hydrogen) atoms. The number of hydrogen-bond donors (Lipinski definition) is 0. The number of carbonyl (C=O) groups excluding carboxylic acids is 1. The summed E-state index contributed by atoms with van der Waals surface area (Å²) >= 11 is 0. The molecule has 0 heterocycles. The van der Waals surface area contributed by atoms with E-state index in [2.05, 4.69) is 4.74 Å². The van der Waals surface area contributed by atoms with Gasteiger partial charge in [-0.25, -0.2) is 9.18 Å². The molecule has 0 unspecified atom stereocenters. The van der Waals surface area contributed by atoms with Crippen LogP contribution in [0.3, 0.4) is 0 Å². The predicted octanol–water partition coefficient (Wildman–Crippen LogP) is 2.70. The van der Waals surface area contributed by atoms with Crippen LogP contribution in [0, 0.1) is 15.9 Å². The Bertz CT molecular complexity index is 511. The molecular weight excluding hydrogens is 241 g/mol. The third kappa shape index (κ3) is 3.38. The van der Waals surface area contributed by atoms with Gasteiger partial charge in [0.25, 0.3) is 5.69 Å². The molecule has 96 valence electrons. The molecule has 0 saturated carbocycles. The third-order valence-electron chi connectivity index (χ3n) is 2.21. The lowest BCUT2D eigenvalue weighted by Crippen LogP contribution is -2.01. The summed E-state index contributed by atoms with van der Waals surface area (Å²) in [6, 6.07) is 3.15. The number of allylic oxidation sites excluding steroid dienone is 1. The first-order valence-electron chi connectivity index (χ1n) is 5.25. The van der Waals surface area contributed by atoms with Crippen molar-refractivity contribution in [3.8, 4) is 0 Å². The van der Waals surface area contributed by atoms with Crippen molar-refractivity contribution in [2.75, 3.05) is 6.61 Å². The summed E-state index contributed by atoms with van der Waals surface area (Å²) in [6.45, 7) is 3.34. The monoisotopic (exact) mass is 253 g/mol. The number of ether oxygens (including phenoxy) is 1. The molecule has 1 aromatic rings. The fourth-order valence-corrected chi connectivity index (χ4v) is 1.37. The summed E-state index contributed by atoms with van der Waals surface area (Å²) in [4.78, 5) is 21.2. The van der Waals surface area contributed by atoms with Crippen LogP contribution in [0.25, 0.3) is 5.57 Å². The molecule has 0 N–H and O–H groups in total. The van der Waals surface area contributed by atoms with Gasteiger partial charge in [-0.2, -0.15) is 0 Å². The molecular formula is C12H12FNO4. The smallest absolute Gasteiger partial charge is 0.331 e. The number of rotatable bonds is 4. The topological polar surface area (TPSA) is 69.4 Å². The zero-order valence-electron chi connectivity index (χ0n) is 9.97. The normalized spacial score (nSPS) is 11.2. The van der Waals surface area contributed by atoms with Crippen LogP contribution in [0.15, 0.2) is 24.3 Å². The lowest BCUT2D eigenvalue weighted by atomic mass is 10.1. The number of carbonyl (C=O) groups is 1. The Labute approximate surface area is 103 Å². The number of benzene rings is 1. The van der Waals surface area contributed by atoms with E-state index in [9.17, 15) is 19.3 Å². The highest BCUT2D eigenvalue weighted by Gasteiger charge is 2.12. The van der Waals surface area contributed by atoms with Crippen LogP contribution < -0.4 is 0 Å². The van der Waals surface area contributed by atoms with Crippen molar-refractivity contribution < 1.29 is 18.8 Å². The second-order valence-corrected chi connectivity index (χ2v) is 3.50. The highest BCUT2D eigenvalue weighted by Crippen LogP contribution is 2.23. The Hall–Kier alpha value is -2.24. The molecule has 0 spiro atoms. The minimum atomic E-state index is -0.626. The molecule has 0 amide bonds. The van der Waals surface area contributed by atoms with Gasteiger partial charge in [0.2, 0.25) is 0 Å². The van der Waals surface area contributed by atoms with Crippen LogP contribution in [0.5, 0.6) is 0 Å². The maximum atomic E-state index is 13.5. The van der Waals surface area contributed by atoms with Gasteiger partial charge in [-0.05, 0) is 25.5 Å². The summed E-state index contributed by atoms with van der Waals surface area (Å²) in [7, 11) is 0. The van der Waals surface area contributed by atoms with Crippen molar-refractivity contribution in [3.05, 3.63) is 45.8 Å². The van der Waals surface area contributed by atoms with Crippen LogP contribution in [0.2, 0.25) is 0 Å². The quantitative estimate of drug-likeness (QED) is 0.358. The van der Waals surface area contributed by atoms with Gasteiger partial charge in [-0.1, -0.05) is 0 Å². The highest BCUT2D eigenvalue weighted by molar-refractivity contribution is 5.91. The Kier molecular flexibility index (Phi) is 4.53. The highest BCUT2D eigenvalue weighted by atomic mass is 19.1. The fraction of sp³-hybridized carbons (Fsp3) is 0.250. The van der Waals surface area contributed by atoms with E-state index in [-0.39, 0.29) is 23.4 Å². The zero-order valence-corrected chi connectivity index (χ0v) is 9.97. The minimum Gasteiger partial charge on any atom is -0.463 e. The molecule has 0 fully saturated rings. The second-order valence-electron chi connectivity index (χ2n) is 3.50. The molecule has 0 bridgehead atoms. The Morgan fingerprint density at radius 2 is 2.22 bits per heavy atom. The van der Waals surface area contributed by atoms with E-state index < -0.39 is 16.7 Å². The zero-order chi connectivity index (χ0) is 13.7. The van der Waals surface area contributed by atoms with Crippen LogP contribution in [-0.4, -0.2) is 17.5 Å². The number of nitro benzene ring substituents is 1. The van der Waals surface area contributed by atoms with Gasteiger partial charge in [0.1, 0.15) is 5.82 Å². The lowest BCUT2D eigenvalue weighted by Gasteiger charge is -2.03. The largest absolute Gasteiger partial charge is 0.463 e. The van der Waals surface area contributed by atoms with Gasteiger partial charge in [0, 0.05) is 23.8 Å². The van der Waals surface area contributed by atoms with Crippen LogP contribution >= 0.6 is 0 Å². The van der Waals surface area contributed by atoms with Crippen molar-refractivity contribution in [2.24, 2.45) is 0 Å². The van der Waals surface area contributed by atoms with E-state index in [0.29, 0.717) is 0 Å². The van der Waals surface area contributed by atoms with Gasteiger partial charge in [0.05, 0.1) is 11.5 Å². The average molecular weight is 253 g/mol.